The molecule has 1 aliphatic rings. The number of para-hydroxylation sites is 1. The lowest BCUT2D eigenvalue weighted by Gasteiger charge is -2.27. The van der Waals surface area contributed by atoms with Crippen LogP contribution in [0.4, 0.5) is 5.82 Å². The number of fused-ring (bicyclic) bond motifs is 1. The summed E-state index contributed by atoms with van der Waals surface area (Å²) in [6.07, 6.45) is 4.97. The molecule has 130 valence electrons. The maximum absolute atomic E-state index is 4.84. The van der Waals surface area contributed by atoms with Gasteiger partial charge in [0.1, 0.15) is 5.82 Å². The topological polar surface area (TPSA) is 55.6 Å². The number of hydrogen-bond donors (Lipinski definition) is 1. The van der Waals surface area contributed by atoms with E-state index in [4.69, 9.17) is 9.97 Å². The summed E-state index contributed by atoms with van der Waals surface area (Å²) in [6.45, 7) is 6.37. The summed E-state index contributed by atoms with van der Waals surface area (Å²) in [4.78, 5) is 9.57. The molecule has 2 aromatic heterocycles. The van der Waals surface area contributed by atoms with Gasteiger partial charge in [0.2, 0.25) is 0 Å². The lowest BCUT2D eigenvalue weighted by atomic mass is 9.87. The second-order valence-electron chi connectivity index (χ2n) is 7.33. The monoisotopic (exact) mass is 335 g/mol. The molecule has 2 heterocycles. The van der Waals surface area contributed by atoms with Gasteiger partial charge in [0.05, 0.1) is 11.2 Å². The summed E-state index contributed by atoms with van der Waals surface area (Å²) >= 11 is 0. The Bertz CT molecular complexity index is 890. The molecule has 0 saturated heterocycles. The average molecular weight is 335 g/mol. The number of aryl methyl sites for hydroxylation is 2. The zero-order valence-corrected chi connectivity index (χ0v) is 15.2. The fraction of sp³-hybridized carbons (Fsp3) is 0.450. The Morgan fingerprint density at radius 3 is 2.52 bits per heavy atom. The maximum Gasteiger partial charge on any atom is 0.253 e. The molecule has 25 heavy (non-hydrogen) atoms. The van der Waals surface area contributed by atoms with E-state index in [2.05, 4.69) is 23.4 Å². The highest BCUT2D eigenvalue weighted by Crippen LogP contribution is 2.28. The smallest absolute Gasteiger partial charge is 0.253 e. The van der Waals surface area contributed by atoms with E-state index in [1.54, 1.807) is 0 Å². The molecular formula is C20H25N5. The van der Waals surface area contributed by atoms with E-state index in [1.165, 1.54) is 25.7 Å². The minimum absolute atomic E-state index is 0.489. The highest BCUT2D eigenvalue weighted by Gasteiger charge is 2.20. The lowest BCUT2D eigenvalue weighted by molar-refractivity contribution is 0.361. The summed E-state index contributed by atoms with van der Waals surface area (Å²) in [5.74, 6) is 2.40. The molecule has 0 amide bonds. The second-order valence-corrected chi connectivity index (χ2v) is 7.33. The van der Waals surface area contributed by atoms with Crippen LogP contribution in [-0.4, -0.2) is 25.8 Å². The highest BCUT2D eigenvalue weighted by atomic mass is 15.4. The first-order valence-corrected chi connectivity index (χ1v) is 9.17. The summed E-state index contributed by atoms with van der Waals surface area (Å²) in [5, 5.41) is 9.31. The van der Waals surface area contributed by atoms with Crippen molar-refractivity contribution in [1.82, 2.24) is 19.7 Å². The van der Waals surface area contributed by atoms with Gasteiger partial charge in [-0.1, -0.05) is 19.1 Å². The standard InChI is InChI=1S/C20H25N5/c1-13-8-10-16(11-9-13)21-19-17-6-4-5-7-18(17)22-20(23-19)25-15(3)12-14(2)24-25/h4-7,12-13,16H,8-11H2,1-3H3,(H,21,22,23). The van der Waals surface area contributed by atoms with Gasteiger partial charge in [0, 0.05) is 17.1 Å². The first-order chi connectivity index (χ1) is 12.1. The summed E-state index contributed by atoms with van der Waals surface area (Å²) < 4.78 is 1.83. The minimum atomic E-state index is 0.489. The van der Waals surface area contributed by atoms with Crippen LogP contribution in [0.5, 0.6) is 0 Å². The van der Waals surface area contributed by atoms with E-state index in [1.807, 2.05) is 42.8 Å². The fourth-order valence-electron chi connectivity index (χ4n) is 3.70. The van der Waals surface area contributed by atoms with Crippen LogP contribution in [0.2, 0.25) is 0 Å². The SMILES string of the molecule is Cc1cc(C)n(-c2nc(NC3CCC(C)CC3)c3ccccc3n2)n1. The van der Waals surface area contributed by atoms with E-state index >= 15 is 0 Å². The van der Waals surface area contributed by atoms with Gasteiger partial charge < -0.3 is 5.32 Å². The van der Waals surface area contributed by atoms with Crippen LogP contribution in [0.25, 0.3) is 16.9 Å². The van der Waals surface area contributed by atoms with E-state index in [0.717, 1.165) is 34.0 Å². The first-order valence-electron chi connectivity index (χ1n) is 9.17. The number of aromatic nitrogens is 4. The van der Waals surface area contributed by atoms with E-state index in [-0.39, 0.29) is 0 Å². The zero-order chi connectivity index (χ0) is 17.4. The van der Waals surface area contributed by atoms with Crippen molar-refractivity contribution in [2.45, 2.75) is 52.5 Å². The largest absolute Gasteiger partial charge is 0.367 e. The van der Waals surface area contributed by atoms with Gasteiger partial charge in [-0.25, -0.2) is 9.67 Å². The van der Waals surface area contributed by atoms with Crippen molar-refractivity contribution < 1.29 is 0 Å². The van der Waals surface area contributed by atoms with E-state index in [9.17, 15) is 0 Å². The molecule has 0 radical (unpaired) electrons. The van der Waals surface area contributed by atoms with Crippen molar-refractivity contribution in [1.29, 1.82) is 0 Å². The predicted molar refractivity (Wildman–Crippen MR) is 101 cm³/mol. The first kappa shape index (κ1) is 16.1. The van der Waals surface area contributed by atoms with Crippen LogP contribution in [0.1, 0.15) is 44.0 Å². The van der Waals surface area contributed by atoms with Crippen molar-refractivity contribution in [3.8, 4) is 5.95 Å². The minimum Gasteiger partial charge on any atom is -0.367 e. The lowest BCUT2D eigenvalue weighted by Crippen LogP contribution is -2.26. The highest BCUT2D eigenvalue weighted by molar-refractivity contribution is 5.89. The number of nitrogens with one attached hydrogen (secondary N) is 1. The third kappa shape index (κ3) is 3.23. The Morgan fingerprint density at radius 2 is 1.80 bits per heavy atom. The van der Waals surface area contributed by atoms with Crippen molar-refractivity contribution in [3.63, 3.8) is 0 Å². The summed E-state index contributed by atoms with van der Waals surface area (Å²) in [5.41, 5.74) is 2.97. The second kappa shape index (κ2) is 6.47. The Kier molecular flexibility index (Phi) is 4.15. The molecule has 5 heteroatoms. The normalized spacial score (nSPS) is 20.8. The maximum atomic E-state index is 4.84. The molecule has 0 aliphatic heterocycles. The molecule has 0 atom stereocenters. The van der Waals surface area contributed by atoms with Crippen LogP contribution in [0.3, 0.4) is 0 Å². The van der Waals surface area contributed by atoms with Gasteiger partial charge in [-0.15, -0.1) is 0 Å². The average Bonchev–Trinajstić information content (AvgIpc) is 2.95. The van der Waals surface area contributed by atoms with Gasteiger partial charge >= 0.3 is 0 Å². The number of anilines is 1. The van der Waals surface area contributed by atoms with Crippen LogP contribution in [-0.2, 0) is 0 Å². The van der Waals surface area contributed by atoms with Crippen molar-refractivity contribution >= 4 is 16.7 Å². The van der Waals surface area contributed by atoms with Crippen molar-refractivity contribution in [3.05, 3.63) is 41.7 Å². The van der Waals surface area contributed by atoms with Gasteiger partial charge in [0.15, 0.2) is 0 Å². The van der Waals surface area contributed by atoms with Gasteiger partial charge in [-0.05, 0) is 63.6 Å². The Balaban J connectivity index is 1.75. The summed E-state index contributed by atoms with van der Waals surface area (Å²) in [6, 6.07) is 10.7. The van der Waals surface area contributed by atoms with E-state index < -0.39 is 0 Å². The number of benzene rings is 1. The Hall–Kier alpha value is -2.43. The third-order valence-electron chi connectivity index (χ3n) is 5.15. The zero-order valence-electron chi connectivity index (χ0n) is 15.2. The molecule has 3 aromatic rings. The molecule has 5 nitrogen and oxygen atoms in total. The summed E-state index contributed by atoms with van der Waals surface area (Å²) in [7, 11) is 0. The van der Waals surface area contributed by atoms with Crippen LogP contribution >= 0.6 is 0 Å². The molecule has 1 N–H and O–H groups in total. The molecule has 4 rings (SSSR count). The molecule has 1 aliphatic carbocycles. The van der Waals surface area contributed by atoms with Crippen LogP contribution in [0.15, 0.2) is 30.3 Å². The molecule has 0 spiro atoms. The van der Waals surface area contributed by atoms with Gasteiger partial charge in [-0.3, -0.25) is 0 Å². The van der Waals surface area contributed by atoms with Crippen LogP contribution in [0, 0.1) is 19.8 Å². The Labute approximate surface area is 148 Å². The van der Waals surface area contributed by atoms with Gasteiger partial charge in [0.25, 0.3) is 5.95 Å². The van der Waals surface area contributed by atoms with Gasteiger partial charge in [-0.2, -0.15) is 10.1 Å². The molecule has 1 fully saturated rings. The third-order valence-corrected chi connectivity index (χ3v) is 5.15. The Morgan fingerprint density at radius 1 is 1.04 bits per heavy atom. The van der Waals surface area contributed by atoms with Crippen molar-refractivity contribution in [2.24, 2.45) is 5.92 Å². The number of hydrogen-bond acceptors (Lipinski definition) is 4. The fourth-order valence-corrected chi connectivity index (χ4v) is 3.70. The van der Waals surface area contributed by atoms with E-state index in [0.29, 0.717) is 12.0 Å². The molecule has 0 unspecified atom stereocenters. The molecule has 1 aromatic carbocycles. The number of nitrogens with zero attached hydrogens (tertiary/aromatic N) is 4. The molecular weight excluding hydrogens is 310 g/mol. The number of rotatable bonds is 3. The molecule has 1 saturated carbocycles. The van der Waals surface area contributed by atoms with Crippen LogP contribution < -0.4 is 5.32 Å². The van der Waals surface area contributed by atoms with Crippen molar-refractivity contribution in [2.75, 3.05) is 5.32 Å². The predicted octanol–water partition coefficient (Wildman–Crippen LogP) is 4.42. The molecule has 0 bridgehead atoms. The quantitative estimate of drug-likeness (QED) is 0.769.